The number of fused-ring (bicyclic) bond motifs is 1. The van der Waals surface area contributed by atoms with Crippen LogP contribution >= 0.6 is 11.6 Å². The SMILES string of the molecule is Cc1cc(N2CCCC[C@H]2CCO)n2nc(-c3ccc(Cl)cc3)cc2n1. The molecule has 26 heavy (non-hydrogen) atoms. The quantitative estimate of drug-likeness (QED) is 0.751. The van der Waals surface area contributed by atoms with Crippen LogP contribution in [0.5, 0.6) is 0 Å². The topological polar surface area (TPSA) is 53.7 Å². The molecular weight excluding hydrogens is 348 g/mol. The lowest BCUT2D eigenvalue weighted by molar-refractivity contribution is 0.262. The number of anilines is 1. The van der Waals surface area contributed by atoms with E-state index in [1.165, 1.54) is 6.42 Å². The predicted octanol–water partition coefficient (Wildman–Crippen LogP) is 4.10. The molecule has 1 aromatic carbocycles. The van der Waals surface area contributed by atoms with Crippen LogP contribution in [0.15, 0.2) is 36.4 Å². The Hall–Kier alpha value is -2.11. The van der Waals surface area contributed by atoms with E-state index in [-0.39, 0.29) is 6.61 Å². The first-order chi connectivity index (χ1) is 12.7. The highest BCUT2D eigenvalue weighted by molar-refractivity contribution is 6.30. The molecule has 3 heterocycles. The maximum Gasteiger partial charge on any atom is 0.158 e. The Bertz CT molecular complexity index is 904. The fourth-order valence-electron chi connectivity index (χ4n) is 3.80. The molecule has 1 saturated heterocycles. The molecule has 2 aromatic heterocycles. The Morgan fingerprint density at radius 1 is 1.19 bits per heavy atom. The van der Waals surface area contributed by atoms with Gasteiger partial charge in [0.25, 0.3) is 0 Å². The Morgan fingerprint density at radius 2 is 2.00 bits per heavy atom. The van der Waals surface area contributed by atoms with Gasteiger partial charge in [0.2, 0.25) is 0 Å². The number of hydrogen-bond donors (Lipinski definition) is 1. The van der Waals surface area contributed by atoms with Crippen molar-refractivity contribution in [2.75, 3.05) is 18.1 Å². The number of hydrogen-bond acceptors (Lipinski definition) is 4. The van der Waals surface area contributed by atoms with Crippen LogP contribution in [0.2, 0.25) is 5.02 Å². The third kappa shape index (κ3) is 3.29. The largest absolute Gasteiger partial charge is 0.396 e. The van der Waals surface area contributed by atoms with Crippen molar-refractivity contribution in [2.45, 2.75) is 38.6 Å². The first-order valence-electron chi connectivity index (χ1n) is 9.16. The van der Waals surface area contributed by atoms with E-state index < -0.39 is 0 Å². The first kappa shape index (κ1) is 17.3. The van der Waals surface area contributed by atoms with E-state index in [1.807, 2.05) is 41.8 Å². The van der Waals surface area contributed by atoms with Gasteiger partial charge in [0, 0.05) is 47.6 Å². The van der Waals surface area contributed by atoms with Crippen LogP contribution in [0.4, 0.5) is 5.82 Å². The number of piperidine rings is 1. The van der Waals surface area contributed by atoms with Crippen molar-refractivity contribution >= 4 is 23.1 Å². The van der Waals surface area contributed by atoms with Gasteiger partial charge in [0.1, 0.15) is 5.82 Å². The fourth-order valence-corrected chi connectivity index (χ4v) is 3.92. The van der Waals surface area contributed by atoms with Gasteiger partial charge in [-0.15, -0.1) is 0 Å². The van der Waals surface area contributed by atoms with Gasteiger partial charge in [-0.25, -0.2) is 4.98 Å². The van der Waals surface area contributed by atoms with E-state index in [9.17, 15) is 5.11 Å². The molecule has 0 spiro atoms. The smallest absolute Gasteiger partial charge is 0.158 e. The van der Waals surface area contributed by atoms with Gasteiger partial charge in [-0.3, -0.25) is 0 Å². The molecule has 0 aliphatic carbocycles. The summed E-state index contributed by atoms with van der Waals surface area (Å²) < 4.78 is 1.94. The maximum absolute atomic E-state index is 9.45. The zero-order valence-corrected chi connectivity index (χ0v) is 15.7. The van der Waals surface area contributed by atoms with Crippen molar-refractivity contribution in [1.82, 2.24) is 14.6 Å². The molecule has 1 N–H and O–H groups in total. The predicted molar refractivity (Wildman–Crippen MR) is 105 cm³/mol. The minimum absolute atomic E-state index is 0.212. The molecule has 5 nitrogen and oxygen atoms in total. The summed E-state index contributed by atoms with van der Waals surface area (Å²) in [6.07, 6.45) is 4.27. The van der Waals surface area contributed by atoms with Gasteiger partial charge >= 0.3 is 0 Å². The zero-order chi connectivity index (χ0) is 18.1. The number of aliphatic hydroxyl groups excluding tert-OH is 1. The van der Waals surface area contributed by atoms with Crippen LogP contribution in [0.1, 0.15) is 31.4 Å². The average molecular weight is 371 g/mol. The van der Waals surface area contributed by atoms with E-state index in [1.54, 1.807) is 0 Å². The maximum atomic E-state index is 9.45. The number of aromatic nitrogens is 3. The minimum atomic E-state index is 0.212. The molecule has 0 bridgehead atoms. The van der Waals surface area contributed by atoms with E-state index in [4.69, 9.17) is 16.7 Å². The minimum Gasteiger partial charge on any atom is -0.396 e. The summed E-state index contributed by atoms with van der Waals surface area (Å²) >= 11 is 6.01. The summed E-state index contributed by atoms with van der Waals surface area (Å²) in [6.45, 7) is 3.21. The van der Waals surface area contributed by atoms with E-state index >= 15 is 0 Å². The van der Waals surface area contributed by atoms with Crippen LogP contribution in [-0.2, 0) is 0 Å². The summed E-state index contributed by atoms with van der Waals surface area (Å²) in [5.74, 6) is 1.06. The van der Waals surface area contributed by atoms with E-state index in [0.717, 1.165) is 54.2 Å². The second-order valence-corrected chi connectivity index (χ2v) is 7.35. The van der Waals surface area contributed by atoms with Crippen molar-refractivity contribution in [3.8, 4) is 11.3 Å². The molecule has 0 unspecified atom stereocenters. The van der Waals surface area contributed by atoms with Gasteiger partial charge in [0.15, 0.2) is 5.65 Å². The number of nitrogens with zero attached hydrogens (tertiary/aromatic N) is 4. The second kappa shape index (κ2) is 7.25. The van der Waals surface area contributed by atoms with Gasteiger partial charge in [-0.05, 0) is 44.7 Å². The molecule has 1 aliphatic rings. The van der Waals surface area contributed by atoms with Gasteiger partial charge < -0.3 is 10.0 Å². The third-order valence-corrected chi connectivity index (χ3v) is 5.31. The lowest BCUT2D eigenvalue weighted by Crippen LogP contribution is -2.41. The standard InChI is InChI=1S/C20H23ClN4O/c1-14-12-20(24-10-3-2-4-17(24)9-11-26)25-19(22-14)13-18(23-25)15-5-7-16(21)8-6-15/h5-8,12-13,17,26H,2-4,9-11H2,1H3/t17-/m0/s1. The Morgan fingerprint density at radius 3 is 2.77 bits per heavy atom. The molecule has 136 valence electrons. The molecule has 3 aromatic rings. The highest BCUT2D eigenvalue weighted by Gasteiger charge is 2.25. The normalized spacial score (nSPS) is 17.8. The van der Waals surface area contributed by atoms with Crippen LogP contribution < -0.4 is 4.90 Å². The molecule has 0 radical (unpaired) electrons. The zero-order valence-electron chi connectivity index (χ0n) is 14.9. The summed E-state index contributed by atoms with van der Waals surface area (Å²) in [5.41, 5.74) is 3.73. The van der Waals surface area contributed by atoms with E-state index in [0.29, 0.717) is 11.1 Å². The van der Waals surface area contributed by atoms with Crippen molar-refractivity contribution in [1.29, 1.82) is 0 Å². The van der Waals surface area contributed by atoms with Crippen molar-refractivity contribution in [3.63, 3.8) is 0 Å². The van der Waals surface area contributed by atoms with Crippen LogP contribution in [0.3, 0.4) is 0 Å². The first-order valence-corrected chi connectivity index (χ1v) is 9.54. The average Bonchev–Trinajstić information content (AvgIpc) is 3.06. The molecule has 6 heteroatoms. The van der Waals surface area contributed by atoms with Crippen molar-refractivity contribution in [3.05, 3.63) is 47.1 Å². The van der Waals surface area contributed by atoms with Crippen LogP contribution in [0.25, 0.3) is 16.9 Å². The Balaban J connectivity index is 1.80. The number of rotatable bonds is 4. The Kier molecular flexibility index (Phi) is 4.83. The summed E-state index contributed by atoms with van der Waals surface area (Å²) in [6, 6.07) is 12.2. The third-order valence-electron chi connectivity index (χ3n) is 5.06. The number of halogens is 1. The lowest BCUT2D eigenvalue weighted by Gasteiger charge is -2.37. The molecule has 1 atom stereocenters. The van der Waals surface area contributed by atoms with Crippen LogP contribution in [0, 0.1) is 6.92 Å². The number of aliphatic hydroxyl groups is 1. The van der Waals surface area contributed by atoms with Crippen molar-refractivity contribution in [2.24, 2.45) is 0 Å². The molecule has 1 fully saturated rings. The Labute approximate surface area is 158 Å². The van der Waals surface area contributed by atoms with E-state index in [2.05, 4.69) is 16.0 Å². The second-order valence-electron chi connectivity index (χ2n) is 6.92. The number of aryl methyl sites for hydroxylation is 1. The molecular formula is C20H23ClN4O. The fraction of sp³-hybridized carbons (Fsp3) is 0.400. The van der Waals surface area contributed by atoms with Gasteiger partial charge in [-0.2, -0.15) is 9.61 Å². The molecule has 1 aliphatic heterocycles. The summed E-state index contributed by atoms with van der Waals surface area (Å²) in [5, 5.41) is 15.0. The van der Waals surface area contributed by atoms with Crippen LogP contribution in [-0.4, -0.2) is 38.9 Å². The van der Waals surface area contributed by atoms with Gasteiger partial charge in [-0.1, -0.05) is 23.7 Å². The molecule has 4 rings (SSSR count). The molecule has 0 amide bonds. The molecule has 0 saturated carbocycles. The highest BCUT2D eigenvalue weighted by atomic mass is 35.5. The van der Waals surface area contributed by atoms with Gasteiger partial charge in [0.05, 0.1) is 5.69 Å². The monoisotopic (exact) mass is 370 g/mol. The lowest BCUT2D eigenvalue weighted by atomic mass is 9.99. The van der Waals surface area contributed by atoms with Crippen molar-refractivity contribution < 1.29 is 5.11 Å². The highest BCUT2D eigenvalue weighted by Crippen LogP contribution is 2.29. The summed E-state index contributed by atoms with van der Waals surface area (Å²) in [7, 11) is 0. The summed E-state index contributed by atoms with van der Waals surface area (Å²) in [4.78, 5) is 7.05. The number of benzene rings is 1.